The van der Waals surface area contributed by atoms with Crippen LogP contribution in [0.15, 0.2) is 28.8 Å². The molecule has 1 saturated heterocycles. The first-order chi connectivity index (χ1) is 11.0. The maximum Gasteiger partial charge on any atom is 0.244 e. The highest BCUT2D eigenvalue weighted by Gasteiger charge is 2.35. The lowest BCUT2D eigenvalue weighted by Gasteiger charge is -2.23. The third-order valence-corrected chi connectivity index (χ3v) is 4.30. The molecule has 0 aliphatic carbocycles. The standard InChI is InChI=1S/C16H17ClFN3O2/c1-10-7-11(19-23-10)9-20(2)15-5-6-21(16(15)22)12-3-4-14(18)13(17)8-12/h3-4,7-8,15H,5-6,9H2,1-2H3/t15-/m1/s1. The van der Waals surface area contributed by atoms with E-state index in [9.17, 15) is 9.18 Å². The minimum atomic E-state index is -0.489. The molecule has 0 bridgehead atoms. The first-order valence-electron chi connectivity index (χ1n) is 7.34. The average molecular weight is 338 g/mol. The second-order valence-electron chi connectivity index (χ2n) is 5.74. The number of nitrogens with zero attached hydrogens (tertiary/aromatic N) is 3. The lowest BCUT2D eigenvalue weighted by Crippen LogP contribution is -2.39. The van der Waals surface area contributed by atoms with Gasteiger partial charge < -0.3 is 9.42 Å². The number of anilines is 1. The summed E-state index contributed by atoms with van der Waals surface area (Å²) < 4.78 is 18.3. The molecule has 2 aromatic rings. The number of aromatic nitrogens is 1. The topological polar surface area (TPSA) is 49.6 Å². The highest BCUT2D eigenvalue weighted by Crippen LogP contribution is 2.28. The highest BCUT2D eigenvalue weighted by molar-refractivity contribution is 6.31. The van der Waals surface area contributed by atoms with E-state index in [1.165, 1.54) is 12.1 Å². The van der Waals surface area contributed by atoms with Crippen LogP contribution in [0.5, 0.6) is 0 Å². The Bertz CT molecular complexity index is 734. The normalized spacial score (nSPS) is 18.2. The average Bonchev–Trinajstić information content (AvgIpc) is 3.08. The zero-order chi connectivity index (χ0) is 16.6. The van der Waals surface area contributed by atoms with Crippen molar-refractivity contribution < 1.29 is 13.7 Å². The monoisotopic (exact) mass is 337 g/mol. The first-order valence-corrected chi connectivity index (χ1v) is 7.72. The maximum atomic E-state index is 13.3. The van der Waals surface area contributed by atoms with Gasteiger partial charge in [0.15, 0.2) is 0 Å². The minimum absolute atomic E-state index is 0.0182. The molecule has 1 aromatic carbocycles. The number of likely N-dealkylation sites (N-methyl/N-ethyl adjacent to an activating group) is 1. The van der Waals surface area contributed by atoms with Gasteiger partial charge in [0.1, 0.15) is 11.6 Å². The summed E-state index contributed by atoms with van der Waals surface area (Å²) in [5, 5.41) is 3.97. The van der Waals surface area contributed by atoms with Crippen molar-refractivity contribution in [1.82, 2.24) is 10.1 Å². The molecule has 0 saturated carbocycles. The van der Waals surface area contributed by atoms with Gasteiger partial charge in [-0.1, -0.05) is 16.8 Å². The van der Waals surface area contributed by atoms with Crippen molar-refractivity contribution in [3.63, 3.8) is 0 Å². The lowest BCUT2D eigenvalue weighted by molar-refractivity contribution is -0.121. The molecule has 1 aliphatic heterocycles. The first kappa shape index (κ1) is 16.0. The van der Waals surface area contributed by atoms with Crippen LogP contribution in [-0.4, -0.2) is 35.6 Å². The fourth-order valence-electron chi connectivity index (χ4n) is 2.84. The summed E-state index contributed by atoms with van der Waals surface area (Å²) in [4.78, 5) is 16.2. The van der Waals surface area contributed by atoms with Gasteiger partial charge in [0.25, 0.3) is 0 Å². The third kappa shape index (κ3) is 3.23. The Labute approximate surface area is 138 Å². The van der Waals surface area contributed by atoms with E-state index >= 15 is 0 Å². The molecule has 23 heavy (non-hydrogen) atoms. The van der Waals surface area contributed by atoms with Crippen LogP contribution in [-0.2, 0) is 11.3 Å². The third-order valence-electron chi connectivity index (χ3n) is 4.01. The molecular formula is C16H17ClFN3O2. The van der Waals surface area contributed by atoms with Gasteiger partial charge in [0.05, 0.1) is 16.8 Å². The minimum Gasteiger partial charge on any atom is -0.361 e. The summed E-state index contributed by atoms with van der Waals surface area (Å²) in [7, 11) is 1.88. The summed E-state index contributed by atoms with van der Waals surface area (Å²) >= 11 is 5.81. The Kier molecular flexibility index (Phi) is 4.37. The van der Waals surface area contributed by atoms with E-state index in [-0.39, 0.29) is 17.0 Å². The van der Waals surface area contributed by atoms with Crippen LogP contribution in [0, 0.1) is 12.7 Å². The molecule has 0 unspecified atom stereocenters. The van der Waals surface area contributed by atoms with Crippen LogP contribution in [0.2, 0.25) is 5.02 Å². The molecule has 7 heteroatoms. The molecule has 1 aromatic heterocycles. The maximum absolute atomic E-state index is 13.3. The van der Waals surface area contributed by atoms with Crippen LogP contribution >= 0.6 is 11.6 Å². The van der Waals surface area contributed by atoms with E-state index in [0.717, 1.165) is 11.5 Å². The van der Waals surface area contributed by atoms with E-state index in [1.807, 2.05) is 24.9 Å². The Morgan fingerprint density at radius 3 is 2.91 bits per heavy atom. The van der Waals surface area contributed by atoms with Crippen LogP contribution < -0.4 is 4.90 Å². The van der Waals surface area contributed by atoms with Crippen molar-refractivity contribution in [3.05, 3.63) is 46.6 Å². The van der Waals surface area contributed by atoms with Gasteiger partial charge in [-0.25, -0.2) is 4.39 Å². The number of carbonyl (C=O) groups is 1. The van der Waals surface area contributed by atoms with E-state index in [1.54, 1.807) is 11.0 Å². The molecule has 0 radical (unpaired) electrons. The van der Waals surface area contributed by atoms with Gasteiger partial charge in [-0.3, -0.25) is 9.69 Å². The van der Waals surface area contributed by atoms with Crippen molar-refractivity contribution in [2.45, 2.75) is 25.9 Å². The molecule has 1 aliphatic rings. The van der Waals surface area contributed by atoms with Crippen LogP contribution in [0.1, 0.15) is 17.9 Å². The van der Waals surface area contributed by atoms with Crippen molar-refractivity contribution >= 4 is 23.2 Å². The lowest BCUT2D eigenvalue weighted by atomic mass is 10.2. The van der Waals surface area contributed by atoms with E-state index in [4.69, 9.17) is 16.1 Å². The van der Waals surface area contributed by atoms with Crippen molar-refractivity contribution in [2.24, 2.45) is 0 Å². The SMILES string of the molecule is Cc1cc(CN(C)[C@@H]2CCN(c3ccc(F)c(Cl)c3)C2=O)no1. The summed E-state index contributed by atoms with van der Waals surface area (Å²) in [5.41, 5.74) is 1.41. The molecule has 1 atom stereocenters. The molecule has 122 valence electrons. The number of benzene rings is 1. The van der Waals surface area contributed by atoms with Crippen molar-refractivity contribution in [1.29, 1.82) is 0 Å². The second kappa shape index (κ2) is 6.29. The predicted molar refractivity (Wildman–Crippen MR) is 84.9 cm³/mol. The molecule has 0 spiro atoms. The molecule has 1 amide bonds. The molecule has 5 nitrogen and oxygen atoms in total. The number of aryl methyl sites for hydroxylation is 1. The number of carbonyl (C=O) groups excluding carboxylic acids is 1. The van der Waals surface area contributed by atoms with Gasteiger partial charge in [-0.15, -0.1) is 0 Å². The number of hydrogen-bond acceptors (Lipinski definition) is 4. The summed E-state index contributed by atoms with van der Waals surface area (Å²) in [5.74, 6) is 0.237. The van der Waals surface area contributed by atoms with Gasteiger partial charge in [0, 0.05) is 24.8 Å². The Morgan fingerprint density at radius 2 is 2.26 bits per heavy atom. The van der Waals surface area contributed by atoms with Crippen LogP contribution in [0.3, 0.4) is 0 Å². The quantitative estimate of drug-likeness (QED) is 0.860. The Morgan fingerprint density at radius 1 is 1.48 bits per heavy atom. The van der Waals surface area contributed by atoms with Crippen LogP contribution in [0.25, 0.3) is 0 Å². The summed E-state index contributed by atoms with van der Waals surface area (Å²) in [6.45, 7) is 2.94. The second-order valence-corrected chi connectivity index (χ2v) is 6.14. The molecule has 0 N–H and O–H groups in total. The zero-order valence-corrected chi connectivity index (χ0v) is 13.7. The van der Waals surface area contributed by atoms with Gasteiger partial charge in [-0.05, 0) is 38.6 Å². The fraction of sp³-hybridized carbons (Fsp3) is 0.375. The smallest absolute Gasteiger partial charge is 0.244 e. The number of amides is 1. The highest BCUT2D eigenvalue weighted by atomic mass is 35.5. The summed E-state index contributed by atoms with van der Waals surface area (Å²) in [6, 6.07) is 5.95. The van der Waals surface area contributed by atoms with E-state index in [0.29, 0.717) is 25.2 Å². The molecular weight excluding hydrogens is 321 g/mol. The Balaban J connectivity index is 1.71. The van der Waals surface area contributed by atoms with Crippen molar-refractivity contribution in [3.8, 4) is 0 Å². The molecule has 1 fully saturated rings. The number of halogens is 2. The molecule has 3 rings (SSSR count). The number of hydrogen-bond donors (Lipinski definition) is 0. The number of rotatable bonds is 4. The Hall–Kier alpha value is -1.92. The fourth-order valence-corrected chi connectivity index (χ4v) is 3.02. The van der Waals surface area contributed by atoms with Gasteiger partial charge >= 0.3 is 0 Å². The van der Waals surface area contributed by atoms with Crippen LogP contribution in [0.4, 0.5) is 10.1 Å². The largest absolute Gasteiger partial charge is 0.361 e. The predicted octanol–water partition coefficient (Wildman–Crippen LogP) is 3.01. The van der Waals surface area contributed by atoms with Gasteiger partial charge in [-0.2, -0.15) is 0 Å². The van der Waals surface area contributed by atoms with Crippen molar-refractivity contribution in [2.75, 3.05) is 18.5 Å². The summed E-state index contributed by atoms with van der Waals surface area (Å²) in [6.07, 6.45) is 0.696. The zero-order valence-electron chi connectivity index (χ0n) is 12.9. The molecule has 2 heterocycles. The van der Waals surface area contributed by atoms with E-state index < -0.39 is 5.82 Å². The van der Waals surface area contributed by atoms with Gasteiger partial charge in [0.2, 0.25) is 5.91 Å². The van der Waals surface area contributed by atoms with E-state index in [2.05, 4.69) is 5.16 Å².